The molecule has 2 aromatic heterocycles. The molecule has 188 valence electrons. The maximum absolute atomic E-state index is 15.2. The Morgan fingerprint density at radius 3 is 2.57 bits per heavy atom. The van der Waals surface area contributed by atoms with Gasteiger partial charge in [0.1, 0.15) is 5.82 Å². The third-order valence-corrected chi connectivity index (χ3v) is 7.52. The number of nitrogens with zero attached hydrogens (tertiary/aromatic N) is 5. The summed E-state index contributed by atoms with van der Waals surface area (Å²) in [6, 6.07) is 11.2. The second-order valence-corrected chi connectivity index (χ2v) is 10.1. The molecule has 0 aliphatic heterocycles. The summed E-state index contributed by atoms with van der Waals surface area (Å²) in [5, 5.41) is 25.0. The van der Waals surface area contributed by atoms with Gasteiger partial charge in [0.05, 0.1) is 30.9 Å². The van der Waals surface area contributed by atoms with Crippen LogP contribution in [0.5, 0.6) is 0 Å². The predicted molar refractivity (Wildman–Crippen MR) is 137 cm³/mol. The van der Waals surface area contributed by atoms with Crippen molar-refractivity contribution in [2.75, 3.05) is 5.32 Å². The Hall–Kier alpha value is -4.14. The zero-order valence-corrected chi connectivity index (χ0v) is 20.9. The van der Waals surface area contributed by atoms with Crippen LogP contribution >= 0.6 is 0 Å². The van der Waals surface area contributed by atoms with Crippen LogP contribution in [0.3, 0.4) is 0 Å². The van der Waals surface area contributed by atoms with Crippen LogP contribution in [-0.4, -0.2) is 36.3 Å². The van der Waals surface area contributed by atoms with Crippen LogP contribution in [0.15, 0.2) is 42.6 Å². The molecule has 9 heteroatoms. The summed E-state index contributed by atoms with van der Waals surface area (Å²) in [6.45, 7) is 4.12. The lowest BCUT2D eigenvalue weighted by molar-refractivity contribution is -0.138. The molecule has 0 bridgehead atoms. The zero-order chi connectivity index (χ0) is 25.8. The maximum Gasteiger partial charge on any atom is 0.307 e. The van der Waals surface area contributed by atoms with Crippen molar-refractivity contribution in [3.8, 4) is 22.5 Å². The van der Waals surface area contributed by atoms with Crippen LogP contribution in [0.25, 0.3) is 22.5 Å². The number of rotatable bonds is 6. The molecular formula is C28H27FN6O2. The summed E-state index contributed by atoms with van der Waals surface area (Å²) < 4.78 is 15.2. The number of benzene rings is 2. The average Bonchev–Trinajstić information content (AvgIpc) is 3.38. The molecule has 1 saturated carbocycles. The third kappa shape index (κ3) is 4.14. The Balaban J connectivity index is 1.29. The molecule has 8 nitrogen and oxygen atoms in total. The van der Waals surface area contributed by atoms with E-state index in [1.807, 2.05) is 18.2 Å². The lowest BCUT2D eigenvalue weighted by atomic mass is 9.89. The van der Waals surface area contributed by atoms with Gasteiger partial charge in [0.2, 0.25) is 5.82 Å². The minimum Gasteiger partial charge on any atom is -0.481 e. The number of nitrogens with one attached hydrogen (secondary N) is 1. The smallest absolute Gasteiger partial charge is 0.307 e. The van der Waals surface area contributed by atoms with Gasteiger partial charge in [0, 0.05) is 22.7 Å². The van der Waals surface area contributed by atoms with Gasteiger partial charge in [-0.05, 0) is 96.5 Å². The van der Waals surface area contributed by atoms with E-state index in [1.165, 1.54) is 4.80 Å². The fourth-order valence-corrected chi connectivity index (χ4v) is 5.72. The van der Waals surface area contributed by atoms with Crippen molar-refractivity contribution >= 4 is 11.7 Å². The summed E-state index contributed by atoms with van der Waals surface area (Å²) in [4.78, 5) is 17.1. The van der Waals surface area contributed by atoms with Gasteiger partial charge in [-0.1, -0.05) is 6.07 Å². The predicted octanol–water partition coefficient (Wildman–Crippen LogP) is 4.98. The number of aryl methyl sites for hydroxylation is 3. The molecule has 0 radical (unpaired) electrons. The molecule has 3 atom stereocenters. The van der Waals surface area contributed by atoms with Gasteiger partial charge in [0.15, 0.2) is 0 Å². The SMILES string of the molecule is Cc1cc(-c2nnn(C)n2)cc(C)c1-c1ccc(F)c2c1CCC2Nc1ccc([C@@H]2C[C@H]2C(=O)O)nc1. The van der Waals surface area contributed by atoms with E-state index in [1.54, 1.807) is 19.3 Å². The molecule has 4 aromatic rings. The lowest BCUT2D eigenvalue weighted by Crippen LogP contribution is -2.10. The molecule has 1 unspecified atom stereocenters. The Morgan fingerprint density at radius 2 is 1.95 bits per heavy atom. The standard InChI is InChI=1S/C28H27FN6O2/c1-14-10-16(27-32-34-35(3)33-27)11-15(2)25(14)18-5-7-22(29)26-19(18)6-9-24(26)31-17-4-8-23(30-13-17)20-12-21(20)28(36)37/h4-5,7-8,10-11,13,20-21,24,31H,6,9,12H2,1-3H3,(H,36,37)/t20-,21-,24?/m1/s1. The van der Waals surface area contributed by atoms with E-state index in [-0.39, 0.29) is 23.7 Å². The number of aliphatic carboxylic acids is 1. The number of aromatic nitrogens is 5. The Morgan fingerprint density at radius 1 is 1.16 bits per heavy atom. The molecule has 2 aliphatic carbocycles. The van der Waals surface area contributed by atoms with E-state index in [4.69, 9.17) is 5.11 Å². The maximum atomic E-state index is 15.2. The first-order chi connectivity index (χ1) is 17.8. The van der Waals surface area contributed by atoms with E-state index in [9.17, 15) is 4.79 Å². The normalized spacial score (nSPS) is 20.1. The van der Waals surface area contributed by atoms with Crippen LogP contribution in [0, 0.1) is 25.6 Å². The number of halogens is 1. The summed E-state index contributed by atoms with van der Waals surface area (Å²) in [5.41, 5.74) is 8.54. The molecule has 0 spiro atoms. The first-order valence-electron chi connectivity index (χ1n) is 12.4. The fourth-order valence-electron chi connectivity index (χ4n) is 5.72. The van der Waals surface area contributed by atoms with Crippen molar-refractivity contribution in [2.24, 2.45) is 13.0 Å². The number of pyridine rings is 1. The Kier molecular flexibility index (Phi) is 5.51. The monoisotopic (exact) mass is 498 g/mol. The van der Waals surface area contributed by atoms with Crippen molar-refractivity contribution in [2.45, 2.75) is 45.1 Å². The number of fused-ring (bicyclic) bond motifs is 1. The highest BCUT2D eigenvalue weighted by Gasteiger charge is 2.45. The Bertz CT molecular complexity index is 1510. The van der Waals surface area contributed by atoms with Crippen molar-refractivity contribution in [1.82, 2.24) is 25.2 Å². The molecular weight excluding hydrogens is 471 g/mol. The second-order valence-electron chi connectivity index (χ2n) is 10.1. The number of hydrogen-bond acceptors (Lipinski definition) is 6. The van der Waals surface area contributed by atoms with Gasteiger partial charge in [0.25, 0.3) is 0 Å². The first kappa shape index (κ1) is 23.3. The Labute approximate surface area is 213 Å². The van der Waals surface area contributed by atoms with E-state index < -0.39 is 5.97 Å². The van der Waals surface area contributed by atoms with E-state index in [0.717, 1.165) is 57.6 Å². The number of tetrazole rings is 1. The summed E-state index contributed by atoms with van der Waals surface area (Å²) in [7, 11) is 1.74. The van der Waals surface area contributed by atoms with Gasteiger partial charge in [-0.3, -0.25) is 9.78 Å². The van der Waals surface area contributed by atoms with E-state index in [2.05, 4.69) is 51.7 Å². The van der Waals surface area contributed by atoms with Crippen LogP contribution in [0.2, 0.25) is 0 Å². The topological polar surface area (TPSA) is 106 Å². The largest absolute Gasteiger partial charge is 0.481 e. The average molecular weight is 499 g/mol. The molecule has 37 heavy (non-hydrogen) atoms. The highest BCUT2D eigenvalue weighted by Crippen LogP contribution is 2.47. The molecule has 2 heterocycles. The third-order valence-electron chi connectivity index (χ3n) is 7.52. The number of carboxylic acids is 1. The van der Waals surface area contributed by atoms with Crippen LogP contribution in [0.1, 0.15) is 52.7 Å². The quantitative estimate of drug-likeness (QED) is 0.386. The number of hydrogen-bond donors (Lipinski definition) is 2. The molecule has 6 rings (SSSR count). The van der Waals surface area contributed by atoms with Gasteiger partial charge in [-0.2, -0.15) is 4.80 Å². The van der Waals surface area contributed by atoms with Gasteiger partial charge in [-0.25, -0.2) is 4.39 Å². The van der Waals surface area contributed by atoms with E-state index >= 15 is 4.39 Å². The van der Waals surface area contributed by atoms with Gasteiger partial charge < -0.3 is 10.4 Å². The molecule has 2 N–H and O–H groups in total. The molecule has 2 aliphatic rings. The summed E-state index contributed by atoms with van der Waals surface area (Å²) in [6.07, 6.45) is 3.89. The minimum atomic E-state index is -0.770. The van der Waals surface area contributed by atoms with Crippen LogP contribution in [-0.2, 0) is 18.3 Å². The number of carbonyl (C=O) groups is 1. The number of carboxylic acid groups (broad SMARTS) is 1. The van der Waals surface area contributed by atoms with Crippen LogP contribution < -0.4 is 5.32 Å². The molecule has 0 saturated heterocycles. The van der Waals surface area contributed by atoms with Gasteiger partial charge in [-0.15, -0.1) is 10.2 Å². The van der Waals surface area contributed by atoms with Crippen molar-refractivity contribution in [1.29, 1.82) is 0 Å². The highest BCUT2D eigenvalue weighted by molar-refractivity contribution is 5.79. The summed E-state index contributed by atoms with van der Waals surface area (Å²) in [5.74, 6) is -0.752. The highest BCUT2D eigenvalue weighted by atomic mass is 19.1. The van der Waals surface area contributed by atoms with Crippen molar-refractivity contribution < 1.29 is 14.3 Å². The molecule has 0 amide bonds. The van der Waals surface area contributed by atoms with Crippen molar-refractivity contribution in [3.63, 3.8) is 0 Å². The molecule has 1 fully saturated rings. The van der Waals surface area contributed by atoms with Crippen LogP contribution in [0.4, 0.5) is 10.1 Å². The van der Waals surface area contributed by atoms with E-state index in [0.29, 0.717) is 17.8 Å². The van der Waals surface area contributed by atoms with Crippen molar-refractivity contribution in [3.05, 3.63) is 76.4 Å². The zero-order valence-electron chi connectivity index (χ0n) is 20.9. The van der Waals surface area contributed by atoms with Gasteiger partial charge >= 0.3 is 5.97 Å². The lowest BCUT2D eigenvalue weighted by Gasteiger charge is -2.19. The summed E-state index contributed by atoms with van der Waals surface area (Å²) >= 11 is 0. The second kappa shape index (κ2) is 8.76. The number of anilines is 1. The first-order valence-corrected chi connectivity index (χ1v) is 12.4. The minimum absolute atomic E-state index is 0.0126. The molecule has 2 aromatic carbocycles. The fraction of sp³-hybridized carbons (Fsp3) is 0.321.